The van der Waals surface area contributed by atoms with Gasteiger partial charge in [0.2, 0.25) is 0 Å². The quantitative estimate of drug-likeness (QED) is 0.570. The van der Waals surface area contributed by atoms with E-state index in [0.717, 1.165) is 16.5 Å². The molecular formula is C15H12N2O3S2. The molecule has 3 rings (SSSR count). The molecule has 0 unspecified atom stereocenters. The lowest BCUT2D eigenvalue weighted by Crippen LogP contribution is -2.24. The molecule has 0 aliphatic carbocycles. The summed E-state index contributed by atoms with van der Waals surface area (Å²) in [5, 5.41) is 16.4. The van der Waals surface area contributed by atoms with Crippen molar-refractivity contribution in [3.8, 4) is 0 Å². The summed E-state index contributed by atoms with van der Waals surface area (Å²) in [5.41, 5.74) is 0.0370. The van der Waals surface area contributed by atoms with Gasteiger partial charge in [0.15, 0.2) is 0 Å². The molecule has 112 valence electrons. The van der Waals surface area contributed by atoms with Crippen LogP contribution in [0.25, 0.3) is 10.1 Å². The smallest absolute Gasteiger partial charge is 0.270 e. The van der Waals surface area contributed by atoms with Crippen molar-refractivity contribution >= 4 is 44.4 Å². The van der Waals surface area contributed by atoms with Crippen LogP contribution >= 0.6 is 22.7 Å². The van der Waals surface area contributed by atoms with E-state index in [-0.39, 0.29) is 11.6 Å². The average molecular weight is 332 g/mol. The topological polar surface area (TPSA) is 72.2 Å². The van der Waals surface area contributed by atoms with Crippen molar-refractivity contribution in [1.82, 2.24) is 5.32 Å². The highest BCUT2D eigenvalue weighted by molar-refractivity contribution is 7.20. The Hall–Kier alpha value is -2.25. The van der Waals surface area contributed by atoms with E-state index in [1.807, 2.05) is 17.5 Å². The molecule has 3 aromatic rings. The first-order valence-corrected chi connectivity index (χ1v) is 8.31. The number of nitrogens with zero attached hydrogens (tertiary/aromatic N) is 1. The summed E-state index contributed by atoms with van der Waals surface area (Å²) < 4.78 is 0.869. The zero-order valence-corrected chi connectivity index (χ0v) is 13.1. The molecule has 7 heteroatoms. The van der Waals surface area contributed by atoms with Crippen molar-refractivity contribution in [1.29, 1.82) is 0 Å². The van der Waals surface area contributed by atoms with E-state index in [2.05, 4.69) is 5.32 Å². The molecule has 1 aromatic carbocycles. The molecular weight excluding hydrogens is 320 g/mol. The molecule has 22 heavy (non-hydrogen) atoms. The Balaban J connectivity index is 1.69. The van der Waals surface area contributed by atoms with Crippen LogP contribution in [-0.2, 0) is 6.42 Å². The first-order valence-electron chi connectivity index (χ1n) is 6.62. The van der Waals surface area contributed by atoms with Gasteiger partial charge in [0, 0.05) is 33.6 Å². The molecule has 2 heterocycles. The van der Waals surface area contributed by atoms with Crippen LogP contribution in [0.2, 0.25) is 0 Å². The van der Waals surface area contributed by atoms with Gasteiger partial charge >= 0.3 is 0 Å². The predicted octanol–water partition coefficient (Wildman–Crippen LogP) is 3.84. The van der Waals surface area contributed by atoms with Crippen molar-refractivity contribution < 1.29 is 9.72 Å². The van der Waals surface area contributed by atoms with E-state index < -0.39 is 4.92 Å². The van der Waals surface area contributed by atoms with Gasteiger partial charge in [0.25, 0.3) is 11.6 Å². The standard InChI is InChI=1S/C15H12N2O3S2/c18-15(16-6-5-12-2-1-7-21-12)14-9-10-8-11(17(19)20)3-4-13(10)22-14/h1-4,7-9H,5-6H2,(H,16,18). The molecule has 0 aliphatic heterocycles. The maximum absolute atomic E-state index is 12.1. The van der Waals surface area contributed by atoms with Crippen LogP contribution in [-0.4, -0.2) is 17.4 Å². The molecule has 1 N–H and O–H groups in total. The molecule has 0 fully saturated rings. The third-order valence-corrected chi connectivity index (χ3v) is 5.22. The number of amides is 1. The average Bonchev–Trinajstić information content (AvgIpc) is 3.15. The Bertz CT molecular complexity index is 825. The largest absolute Gasteiger partial charge is 0.351 e. The number of fused-ring (bicyclic) bond motifs is 1. The molecule has 0 aliphatic rings. The molecule has 1 amide bonds. The molecule has 0 bridgehead atoms. The van der Waals surface area contributed by atoms with Crippen LogP contribution in [0.4, 0.5) is 5.69 Å². The Morgan fingerprint density at radius 3 is 2.86 bits per heavy atom. The minimum Gasteiger partial charge on any atom is -0.351 e. The fourth-order valence-corrected chi connectivity index (χ4v) is 3.77. The minimum absolute atomic E-state index is 0.0370. The Labute approximate surface area is 134 Å². The number of nitrogens with one attached hydrogen (secondary N) is 1. The van der Waals surface area contributed by atoms with Gasteiger partial charge in [0.1, 0.15) is 0 Å². The van der Waals surface area contributed by atoms with E-state index in [4.69, 9.17) is 0 Å². The molecule has 5 nitrogen and oxygen atoms in total. The highest BCUT2D eigenvalue weighted by atomic mass is 32.1. The molecule has 0 saturated carbocycles. The van der Waals surface area contributed by atoms with Crippen molar-refractivity contribution in [2.24, 2.45) is 0 Å². The number of rotatable bonds is 5. The van der Waals surface area contributed by atoms with Crippen molar-refractivity contribution in [2.45, 2.75) is 6.42 Å². The maximum Gasteiger partial charge on any atom is 0.270 e. The number of carbonyl (C=O) groups is 1. The van der Waals surface area contributed by atoms with Gasteiger partial charge in [-0.05, 0) is 30.0 Å². The Morgan fingerprint density at radius 1 is 1.27 bits per heavy atom. The number of thiophene rings is 2. The van der Waals surface area contributed by atoms with Gasteiger partial charge in [-0.15, -0.1) is 22.7 Å². The van der Waals surface area contributed by atoms with Crippen LogP contribution < -0.4 is 5.32 Å². The zero-order chi connectivity index (χ0) is 15.5. The molecule has 0 radical (unpaired) electrons. The van der Waals surface area contributed by atoms with E-state index in [1.165, 1.54) is 28.3 Å². The number of carbonyl (C=O) groups excluding carboxylic acids is 1. The Kier molecular flexibility index (Phi) is 4.17. The molecule has 0 atom stereocenters. The van der Waals surface area contributed by atoms with Crippen LogP contribution in [0, 0.1) is 10.1 Å². The zero-order valence-electron chi connectivity index (χ0n) is 11.4. The number of hydrogen-bond donors (Lipinski definition) is 1. The van der Waals surface area contributed by atoms with Crippen LogP contribution in [0.15, 0.2) is 41.8 Å². The van der Waals surface area contributed by atoms with Crippen LogP contribution in [0.1, 0.15) is 14.5 Å². The van der Waals surface area contributed by atoms with E-state index >= 15 is 0 Å². The first-order chi connectivity index (χ1) is 10.6. The second kappa shape index (κ2) is 6.25. The summed E-state index contributed by atoms with van der Waals surface area (Å²) >= 11 is 3.01. The van der Waals surface area contributed by atoms with E-state index in [9.17, 15) is 14.9 Å². The third-order valence-electron chi connectivity index (χ3n) is 3.17. The summed E-state index contributed by atoms with van der Waals surface area (Å²) in [4.78, 5) is 24.3. The van der Waals surface area contributed by atoms with Crippen molar-refractivity contribution in [2.75, 3.05) is 6.54 Å². The second-order valence-electron chi connectivity index (χ2n) is 4.68. The first kappa shape index (κ1) is 14.7. The molecule has 2 aromatic heterocycles. The number of non-ortho nitro benzene ring substituents is 1. The highest BCUT2D eigenvalue weighted by Crippen LogP contribution is 2.28. The summed E-state index contributed by atoms with van der Waals surface area (Å²) in [6.07, 6.45) is 0.805. The summed E-state index contributed by atoms with van der Waals surface area (Å²) in [5.74, 6) is -0.139. The van der Waals surface area contributed by atoms with Gasteiger partial charge in [-0.2, -0.15) is 0 Å². The SMILES string of the molecule is O=C(NCCc1cccs1)c1cc2cc([N+](=O)[O-])ccc2s1. The number of hydrogen-bond acceptors (Lipinski definition) is 5. The predicted molar refractivity (Wildman–Crippen MR) is 88.8 cm³/mol. The Morgan fingerprint density at radius 2 is 2.14 bits per heavy atom. The fraction of sp³-hybridized carbons (Fsp3) is 0.133. The number of nitro groups is 1. The molecule has 0 spiro atoms. The third kappa shape index (κ3) is 3.15. The summed E-state index contributed by atoms with van der Waals surface area (Å²) in [6, 6.07) is 10.4. The monoisotopic (exact) mass is 332 g/mol. The summed E-state index contributed by atoms with van der Waals surface area (Å²) in [6.45, 7) is 0.577. The van der Waals surface area contributed by atoms with Gasteiger partial charge in [-0.25, -0.2) is 0 Å². The van der Waals surface area contributed by atoms with E-state index in [0.29, 0.717) is 11.4 Å². The van der Waals surface area contributed by atoms with Gasteiger partial charge in [-0.1, -0.05) is 6.07 Å². The van der Waals surface area contributed by atoms with Gasteiger partial charge in [-0.3, -0.25) is 14.9 Å². The second-order valence-corrected chi connectivity index (χ2v) is 6.79. The number of nitro benzene ring substituents is 1. The number of benzene rings is 1. The van der Waals surface area contributed by atoms with Crippen LogP contribution in [0.5, 0.6) is 0 Å². The lowest BCUT2D eigenvalue weighted by atomic mass is 10.2. The lowest BCUT2D eigenvalue weighted by molar-refractivity contribution is -0.384. The van der Waals surface area contributed by atoms with Crippen molar-refractivity contribution in [3.05, 3.63) is 61.6 Å². The fourth-order valence-electron chi connectivity index (χ4n) is 2.10. The lowest BCUT2D eigenvalue weighted by Gasteiger charge is -2.01. The van der Waals surface area contributed by atoms with Gasteiger partial charge in [0.05, 0.1) is 9.80 Å². The van der Waals surface area contributed by atoms with E-state index in [1.54, 1.807) is 23.5 Å². The van der Waals surface area contributed by atoms with Gasteiger partial charge < -0.3 is 5.32 Å². The van der Waals surface area contributed by atoms with Crippen LogP contribution in [0.3, 0.4) is 0 Å². The maximum atomic E-state index is 12.1. The molecule has 0 saturated heterocycles. The highest BCUT2D eigenvalue weighted by Gasteiger charge is 2.13. The summed E-state index contributed by atoms with van der Waals surface area (Å²) in [7, 11) is 0. The normalized spacial score (nSPS) is 10.7. The minimum atomic E-state index is -0.433. The van der Waals surface area contributed by atoms with Crippen molar-refractivity contribution in [3.63, 3.8) is 0 Å².